The van der Waals surface area contributed by atoms with Gasteiger partial charge < -0.3 is 15.6 Å². The number of hydrogen-bond donors (Lipinski definition) is 2. The van der Waals surface area contributed by atoms with Crippen molar-refractivity contribution in [3.63, 3.8) is 0 Å². The highest BCUT2D eigenvalue weighted by Gasteiger charge is 2.17. The van der Waals surface area contributed by atoms with Crippen LogP contribution in [0.5, 0.6) is 0 Å². The van der Waals surface area contributed by atoms with Gasteiger partial charge in [-0.25, -0.2) is 0 Å². The lowest BCUT2D eigenvalue weighted by molar-refractivity contribution is 0.0265. The third kappa shape index (κ3) is 7.34. The Hall–Kier alpha value is -0.420. The van der Waals surface area contributed by atoms with Crippen LogP contribution in [0, 0.1) is 0 Å². The summed E-state index contributed by atoms with van der Waals surface area (Å²) in [5.74, 6) is 0. The molecule has 3 N–H and O–H groups in total. The number of hydrogen-bond acceptors (Lipinski definition) is 4. The molecule has 1 aromatic rings. The lowest BCUT2D eigenvalue weighted by Gasteiger charge is -2.21. The number of rotatable bonds is 10. The van der Waals surface area contributed by atoms with E-state index in [9.17, 15) is 5.11 Å². The van der Waals surface area contributed by atoms with Gasteiger partial charge >= 0.3 is 0 Å². The van der Waals surface area contributed by atoms with Crippen LogP contribution in [0.2, 0.25) is 0 Å². The molecule has 1 unspecified atom stereocenters. The minimum absolute atomic E-state index is 0.0478. The van der Waals surface area contributed by atoms with Crippen molar-refractivity contribution in [2.24, 2.45) is 5.73 Å². The van der Waals surface area contributed by atoms with E-state index in [-0.39, 0.29) is 6.61 Å². The molecular formula is C19H33NO2S. The largest absolute Gasteiger partial charge is 0.394 e. The Morgan fingerprint density at radius 1 is 1.17 bits per heavy atom. The fraction of sp³-hybridized carbons (Fsp3) is 0.789. The smallest absolute Gasteiger partial charge is 0.0608 e. The lowest BCUT2D eigenvalue weighted by atomic mass is 9.98. The fourth-order valence-corrected chi connectivity index (χ4v) is 4.12. The summed E-state index contributed by atoms with van der Waals surface area (Å²) in [6.07, 6.45) is 12.5. The van der Waals surface area contributed by atoms with E-state index in [2.05, 4.69) is 12.1 Å². The van der Waals surface area contributed by atoms with Gasteiger partial charge in [0.25, 0.3) is 0 Å². The number of aryl methyl sites for hydroxylation is 2. The van der Waals surface area contributed by atoms with Gasteiger partial charge in [-0.3, -0.25) is 0 Å². The SMILES string of the molecule is CC(N)(CO)CCc1ccc(CCCCOC2CCCCC2)s1. The van der Waals surface area contributed by atoms with Crippen LogP contribution in [0.15, 0.2) is 12.1 Å². The molecule has 0 radical (unpaired) electrons. The van der Waals surface area contributed by atoms with Gasteiger partial charge in [-0.2, -0.15) is 0 Å². The number of thiophene rings is 1. The summed E-state index contributed by atoms with van der Waals surface area (Å²) in [6.45, 7) is 2.88. The summed E-state index contributed by atoms with van der Waals surface area (Å²) >= 11 is 1.89. The van der Waals surface area contributed by atoms with Gasteiger partial charge in [0.15, 0.2) is 0 Å². The average Bonchev–Trinajstić information content (AvgIpc) is 3.02. The first-order valence-electron chi connectivity index (χ1n) is 9.18. The number of ether oxygens (including phenoxy) is 1. The molecule has 1 heterocycles. The number of nitrogens with two attached hydrogens (primary N) is 1. The Kier molecular flexibility index (Phi) is 8.04. The average molecular weight is 340 g/mol. The molecule has 1 saturated carbocycles. The number of aliphatic hydroxyl groups is 1. The molecule has 1 aliphatic rings. The molecule has 23 heavy (non-hydrogen) atoms. The van der Waals surface area contributed by atoms with Crippen molar-refractivity contribution in [3.05, 3.63) is 21.9 Å². The number of aliphatic hydroxyl groups excluding tert-OH is 1. The quantitative estimate of drug-likeness (QED) is 0.632. The van der Waals surface area contributed by atoms with Crippen LogP contribution in [-0.4, -0.2) is 30.0 Å². The molecule has 4 heteroatoms. The van der Waals surface area contributed by atoms with Crippen molar-refractivity contribution < 1.29 is 9.84 Å². The molecule has 0 spiro atoms. The lowest BCUT2D eigenvalue weighted by Crippen LogP contribution is -2.40. The monoisotopic (exact) mass is 339 g/mol. The maximum atomic E-state index is 9.20. The van der Waals surface area contributed by atoms with Crippen LogP contribution in [0.25, 0.3) is 0 Å². The normalized spacial score (nSPS) is 18.9. The van der Waals surface area contributed by atoms with Crippen LogP contribution in [0.1, 0.15) is 68.0 Å². The molecule has 0 aromatic carbocycles. The molecule has 132 valence electrons. The highest BCUT2D eigenvalue weighted by molar-refractivity contribution is 7.11. The molecule has 0 amide bonds. The van der Waals surface area contributed by atoms with E-state index >= 15 is 0 Å². The molecule has 0 saturated heterocycles. The minimum Gasteiger partial charge on any atom is -0.394 e. The van der Waals surface area contributed by atoms with Crippen molar-refractivity contribution in [2.75, 3.05) is 13.2 Å². The Balaban J connectivity index is 1.57. The summed E-state index contributed by atoms with van der Waals surface area (Å²) in [5, 5.41) is 9.20. The minimum atomic E-state index is -0.458. The summed E-state index contributed by atoms with van der Waals surface area (Å²) in [7, 11) is 0. The third-order valence-electron chi connectivity index (χ3n) is 4.74. The van der Waals surface area contributed by atoms with Gasteiger partial charge in [0.05, 0.1) is 12.7 Å². The molecule has 0 bridgehead atoms. The van der Waals surface area contributed by atoms with Crippen molar-refractivity contribution in [1.29, 1.82) is 0 Å². The summed E-state index contributed by atoms with van der Waals surface area (Å²) in [4.78, 5) is 2.84. The molecule has 1 fully saturated rings. The van der Waals surface area contributed by atoms with Crippen LogP contribution in [-0.2, 0) is 17.6 Å². The summed E-state index contributed by atoms with van der Waals surface area (Å²) in [6, 6.07) is 4.46. The Bertz CT molecular complexity index is 438. The molecule has 1 aromatic heterocycles. The van der Waals surface area contributed by atoms with E-state index in [1.165, 1.54) is 48.3 Å². The van der Waals surface area contributed by atoms with Gasteiger partial charge in [-0.05, 0) is 64.0 Å². The second-order valence-electron chi connectivity index (χ2n) is 7.27. The van der Waals surface area contributed by atoms with Gasteiger partial charge in [0.1, 0.15) is 0 Å². The number of unbranched alkanes of at least 4 members (excludes halogenated alkanes) is 1. The second kappa shape index (κ2) is 9.77. The first-order valence-corrected chi connectivity index (χ1v) is 10.00. The van der Waals surface area contributed by atoms with Crippen LogP contribution in [0.4, 0.5) is 0 Å². The molecular weight excluding hydrogens is 306 g/mol. The molecule has 3 nitrogen and oxygen atoms in total. The van der Waals surface area contributed by atoms with Gasteiger partial charge in [-0.1, -0.05) is 19.3 Å². The maximum absolute atomic E-state index is 9.20. The first kappa shape index (κ1) is 18.9. The Labute approximate surface area is 145 Å². The molecule has 1 aliphatic carbocycles. The van der Waals surface area contributed by atoms with E-state index in [1.807, 2.05) is 18.3 Å². The third-order valence-corrected chi connectivity index (χ3v) is 5.95. The van der Waals surface area contributed by atoms with E-state index in [0.29, 0.717) is 6.10 Å². The predicted molar refractivity (Wildman–Crippen MR) is 98.1 cm³/mol. The zero-order valence-corrected chi connectivity index (χ0v) is 15.4. The maximum Gasteiger partial charge on any atom is 0.0608 e. The Morgan fingerprint density at radius 3 is 2.57 bits per heavy atom. The van der Waals surface area contributed by atoms with Gasteiger partial charge in [0.2, 0.25) is 0 Å². The fourth-order valence-electron chi connectivity index (χ4n) is 3.06. The zero-order chi connectivity index (χ0) is 16.5. The van der Waals surface area contributed by atoms with Gasteiger partial charge in [0, 0.05) is 21.9 Å². The second-order valence-corrected chi connectivity index (χ2v) is 8.52. The zero-order valence-electron chi connectivity index (χ0n) is 14.6. The standard InChI is InChI=1S/C19H33NO2S/c1-19(20,15-21)13-12-18-11-10-17(23-18)9-5-6-14-22-16-7-3-2-4-8-16/h10-11,16,21H,2-9,12-15,20H2,1H3. The van der Waals surface area contributed by atoms with E-state index in [1.54, 1.807) is 0 Å². The molecule has 2 rings (SSSR count). The summed E-state index contributed by atoms with van der Waals surface area (Å²) in [5.41, 5.74) is 5.53. The highest BCUT2D eigenvalue weighted by atomic mass is 32.1. The summed E-state index contributed by atoms with van der Waals surface area (Å²) < 4.78 is 5.98. The first-order chi connectivity index (χ1) is 11.1. The van der Waals surface area contributed by atoms with Crippen molar-refractivity contribution in [2.45, 2.75) is 82.8 Å². The Morgan fingerprint density at radius 2 is 1.87 bits per heavy atom. The van der Waals surface area contributed by atoms with E-state index in [4.69, 9.17) is 10.5 Å². The van der Waals surface area contributed by atoms with Crippen molar-refractivity contribution in [3.8, 4) is 0 Å². The van der Waals surface area contributed by atoms with Gasteiger partial charge in [-0.15, -0.1) is 11.3 Å². The molecule has 0 aliphatic heterocycles. The van der Waals surface area contributed by atoms with Crippen LogP contribution < -0.4 is 5.73 Å². The van der Waals surface area contributed by atoms with Crippen LogP contribution in [0.3, 0.4) is 0 Å². The highest BCUT2D eigenvalue weighted by Crippen LogP contribution is 2.23. The predicted octanol–water partition coefficient (Wildman–Crippen LogP) is 4.06. The van der Waals surface area contributed by atoms with Crippen LogP contribution >= 0.6 is 11.3 Å². The van der Waals surface area contributed by atoms with E-state index in [0.717, 1.165) is 32.3 Å². The van der Waals surface area contributed by atoms with E-state index < -0.39 is 5.54 Å². The van der Waals surface area contributed by atoms with Crippen molar-refractivity contribution in [1.82, 2.24) is 0 Å². The molecule has 1 atom stereocenters. The topological polar surface area (TPSA) is 55.5 Å². The van der Waals surface area contributed by atoms with Crippen molar-refractivity contribution >= 4 is 11.3 Å².